The predicted molar refractivity (Wildman–Crippen MR) is 19.4 cm³/mol. The summed E-state index contributed by atoms with van der Waals surface area (Å²) in [6.45, 7) is 0. The van der Waals surface area contributed by atoms with Crippen molar-refractivity contribution in [3.05, 3.63) is 0 Å². The fraction of sp³-hybridized carbons (Fsp3) is 1.00. The van der Waals surface area contributed by atoms with Gasteiger partial charge >= 0.3 is 17.1 Å². The molecule has 0 aliphatic rings. The molecular weight excluding hydrogens is 279 g/mol. The summed E-state index contributed by atoms with van der Waals surface area (Å²) in [4.78, 5) is 0. The molecule has 0 saturated carbocycles. The molecular formula is C2H6Br2CuS. The molecule has 0 heterocycles. The first-order valence-electron chi connectivity index (χ1n) is 0.816. The summed E-state index contributed by atoms with van der Waals surface area (Å²) in [5.41, 5.74) is 0. The van der Waals surface area contributed by atoms with E-state index in [1.807, 2.05) is 12.5 Å². The topological polar surface area (TPSA) is 0 Å². The fourth-order valence-electron chi connectivity index (χ4n) is 0. The number of hydrogen-bond donors (Lipinski definition) is 0. The molecule has 0 unspecified atom stereocenters. The summed E-state index contributed by atoms with van der Waals surface area (Å²) in [6, 6.07) is 0. The summed E-state index contributed by atoms with van der Waals surface area (Å²) in [5.74, 6) is 0. The van der Waals surface area contributed by atoms with E-state index in [4.69, 9.17) is 0 Å². The molecule has 0 amide bonds. The van der Waals surface area contributed by atoms with E-state index < -0.39 is 0 Å². The van der Waals surface area contributed by atoms with Gasteiger partial charge in [-0.3, -0.25) is 0 Å². The summed E-state index contributed by atoms with van der Waals surface area (Å²) < 4.78 is 0. The number of thioether (sulfide) groups is 1. The van der Waals surface area contributed by atoms with E-state index in [1.165, 1.54) is 0 Å². The maximum atomic E-state index is 2.04. The summed E-state index contributed by atoms with van der Waals surface area (Å²) in [5, 5.41) is 0. The minimum absolute atomic E-state index is 0. The van der Waals surface area contributed by atoms with Gasteiger partial charge in [0.1, 0.15) is 0 Å². The Bertz CT molecular complexity index is 11.5. The molecule has 4 heteroatoms. The van der Waals surface area contributed by atoms with Gasteiger partial charge in [0, 0.05) is 0 Å². The molecule has 0 nitrogen and oxygen atoms in total. The second-order valence-corrected chi connectivity index (χ2v) is 1.22. The van der Waals surface area contributed by atoms with E-state index in [2.05, 4.69) is 0 Å². The van der Waals surface area contributed by atoms with E-state index in [0.29, 0.717) is 0 Å². The van der Waals surface area contributed by atoms with Gasteiger partial charge in [0.05, 0.1) is 0 Å². The van der Waals surface area contributed by atoms with Crippen molar-refractivity contribution in [3.63, 3.8) is 0 Å². The molecule has 0 saturated heterocycles. The summed E-state index contributed by atoms with van der Waals surface area (Å²) in [7, 11) is 0. The van der Waals surface area contributed by atoms with Crippen LogP contribution in [-0.4, -0.2) is 12.5 Å². The van der Waals surface area contributed by atoms with Crippen molar-refractivity contribution in [1.82, 2.24) is 0 Å². The van der Waals surface area contributed by atoms with E-state index in [-0.39, 0.29) is 51.0 Å². The standard InChI is InChI=1S/C2H6S.2BrH.Cu/c1-3-2;;;/h1-2H3;2*1H;/q;;;+2/p-2. The number of hydrogen-bond acceptors (Lipinski definition) is 1. The average molecular weight is 285 g/mol. The first-order chi connectivity index (χ1) is 1.41. The number of rotatable bonds is 0. The third-order valence-corrected chi connectivity index (χ3v) is 0. The Kier molecular flexibility index (Phi) is 120. The molecule has 0 bridgehead atoms. The molecule has 0 N–H and O–H groups in total. The van der Waals surface area contributed by atoms with E-state index >= 15 is 0 Å². The zero-order chi connectivity index (χ0) is 2.71. The smallest absolute Gasteiger partial charge is 1.00 e. The Balaban J connectivity index is -0.00000000667. The van der Waals surface area contributed by atoms with Crippen LogP contribution in [0.2, 0.25) is 0 Å². The van der Waals surface area contributed by atoms with Gasteiger partial charge in [0.15, 0.2) is 0 Å². The predicted octanol–water partition coefficient (Wildman–Crippen LogP) is -5.02. The van der Waals surface area contributed by atoms with Gasteiger partial charge in [-0.05, 0) is 12.5 Å². The van der Waals surface area contributed by atoms with Crippen LogP contribution >= 0.6 is 11.8 Å². The Morgan fingerprint density at radius 3 is 1.00 bits per heavy atom. The molecule has 0 rings (SSSR count). The Labute approximate surface area is 74.8 Å². The van der Waals surface area contributed by atoms with Gasteiger partial charge in [-0.2, -0.15) is 11.8 Å². The van der Waals surface area contributed by atoms with E-state index in [0.717, 1.165) is 0 Å². The Hall–Kier alpha value is 1.83. The van der Waals surface area contributed by atoms with Crippen molar-refractivity contribution in [1.29, 1.82) is 0 Å². The van der Waals surface area contributed by atoms with Crippen LogP contribution in [-0.2, 0) is 17.1 Å². The second kappa shape index (κ2) is 29.0. The molecule has 45 valence electrons. The molecule has 0 aromatic carbocycles. The second-order valence-electron chi connectivity index (χ2n) is 0.408. The molecule has 1 radical (unpaired) electrons. The minimum Gasteiger partial charge on any atom is -1.00 e. The summed E-state index contributed by atoms with van der Waals surface area (Å²) in [6.07, 6.45) is 4.08. The molecule has 0 aliphatic heterocycles. The minimum atomic E-state index is 0. The maximum absolute atomic E-state index is 2.04. The Morgan fingerprint density at radius 2 is 1.00 bits per heavy atom. The first kappa shape index (κ1) is 24.9. The largest absolute Gasteiger partial charge is 2.00 e. The normalized spacial score (nSPS) is 3.00. The average Bonchev–Trinajstić information content (AvgIpc) is 0.918. The zero-order valence-electron chi connectivity index (χ0n) is 3.47. The SMILES string of the molecule is CSC.[Br-].[Br-].[Cu+2]. The monoisotopic (exact) mass is 283 g/mol. The number of halogens is 2. The molecule has 0 atom stereocenters. The third kappa shape index (κ3) is 40.6. The van der Waals surface area contributed by atoms with Crippen molar-refractivity contribution in [2.24, 2.45) is 0 Å². The van der Waals surface area contributed by atoms with E-state index in [9.17, 15) is 0 Å². The molecule has 0 fully saturated rings. The van der Waals surface area contributed by atoms with Crippen molar-refractivity contribution in [2.75, 3.05) is 12.5 Å². The molecule has 0 aromatic rings. The summed E-state index contributed by atoms with van der Waals surface area (Å²) >= 11 is 1.75. The van der Waals surface area contributed by atoms with Crippen molar-refractivity contribution < 1.29 is 51.0 Å². The van der Waals surface area contributed by atoms with Crippen molar-refractivity contribution >= 4 is 11.8 Å². The van der Waals surface area contributed by atoms with Gasteiger partial charge in [-0.15, -0.1) is 0 Å². The van der Waals surface area contributed by atoms with Crippen LogP contribution in [0.5, 0.6) is 0 Å². The van der Waals surface area contributed by atoms with Gasteiger partial charge < -0.3 is 34.0 Å². The zero-order valence-corrected chi connectivity index (χ0v) is 8.40. The van der Waals surface area contributed by atoms with Crippen LogP contribution in [0, 0.1) is 0 Å². The van der Waals surface area contributed by atoms with Gasteiger partial charge in [-0.1, -0.05) is 0 Å². The Morgan fingerprint density at radius 1 is 1.00 bits per heavy atom. The van der Waals surface area contributed by atoms with Crippen LogP contribution < -0.4 is 34.0 Å². The van der Waals surface area contributed by atoms with Gasteiger partial charge in [0.25, 0.3) is 0 Å². The van der Waals surface area contributed by atoms with Crippen LogP contribution in [0.3, 0.4) is 0 Å². The van der Waals surface area contributed by atoms with Crippen LogP contribution in [0.4, 0.5) is 0 Å². The third-order valence-electron chi connectivity index (χ3n) is 0. The van der Waals surface area contributed by atoms with Crippen LogP contribution in [0.15, 0.2) is 0 Å². The van der Waals surface area contributed by atoms with Gasteiger partial charge in [0.2, 0.25) is 0 Å². The molecule has 0 aliphatic carbocycles. The van der Waals surface area contributed by atoms with Crippen molar-refractivity contribution in [3.8, 4) is 0 Å². The van der Waals surface area contributed by atoms with Crippen LogP contribution in [0.1, 0.15) is 0 Å². The quantitative estimate of drug-likeness (QED) is 0.402. The van der Waals surface area contributed by atoms with Crippen LogP contribution in [0.25, 0.3) is 0 Å². The molecule has 0 spiro atoms. The maximum Gasteiger partial charge on any atom is 2.00 e. The molecule has 6 heavy (non-hydrogen) atoms. The first-order valence-corrected chi connectivity index (χ1v) is 2.45. The molecule has 0 aromatic heterocycles. The van der Waals surface area contributed by atoms with Gasteiger partial charge in [-0.25, -0.2) is 0 Å². The fourth-order valence-corrected chi connectivity index (χ4v) is 0. The van der Waals surface area contributed by atoms with E-state index in [1.54, 1.807) is 11.8 Å². The van der Waals surface area contributed by atoms with Crippen molar-refractivity contribution in [2.45, 2.75) is 0 Å².